The normalized spacial score (nSPS) is 13.6. The zero-order valence-corrected chi connectivity index (χ0v) is 19.3. The molecular weight excluding hydrogens is 439 g/mol. The Kier molecular flexibility index (Phi) is 6.47. The lowest BCUT2D eigenvalue weighted by Gasteiger charge is -2.29. The van der Waals surface area contributed by atoms with Crippen LogP contribution in [0, 0.1) is 17.1 Å². The highest BCUT2D eigenvalue weighted by atomic mass is 32.2. The molecule has 0 aliphatic rings. The average molecular weight is 463 g/mol. The van der Waals surface area contributed by atoms with E-state index in [1.165, 1.54) is 6.07 Å². The van der Waals surface area contributed by atoms with Crippen molar-refractivity contribution >= 4 is 22.3 Å². The summed E-state index contributed by atoms with van der Waals surface area (Å²) in [6, 6.07) is 18.6. The molecule has 2 aromatic carbocycles. The summed E-state index contributed by atoms with van der Waals surface area (Å²) in [5.41, 5.74) is 2.80. The van der Waals surface area contributed by atoms with Crippen LogP contribution in [-0.4, -0.2) is 19.4 Å². The van der Waals surface area contributed by atoms with E-state index >= 15 is 4.39 Å². The van der Waals surface area contributed by atoms with E-state index in [2.05, 4.69) is 14.9 Å². The second kappa shape index (κ2) is 9.32. The van der Waals surface area contributed by atoms with Crippen LogP contribution in [0.15, 0.2) is 65.2 Å². The van der Waals surface area contributed by atoms with Crippen molar-refractivity contribution in [3.63, 3.8) is 0 Å². The number of hydrogen-bond donors (Lipinski definition) is 1. The van der Waals surface area contributed by atoms with Crippen molar-refractivity contribution in [2.75, 3.05) is 0 Å². The third kappa shape index (κ3) is 4.91. The second-order valence-electron chi connectivity index (χ2n) is 8.61. The maximum absolute atomic E-state index is 15.4. The topological polar surface area (TPSA) is 97.8 Å². The Hall–Kier alpha value is -3.25. The van der Waals surface area contributed by atoms with Crippen molar-refractivity contribution in [1.82, 2.24) is 14.9 Å². The van der Waals surface area contributed by atoms with Gasteiger partial charge >= 0.3 is 0 Å². The highest BCUT2D eigenvalue weighted by Gasteiger charge is 2.33. The van der Waals surface area contributed by atoms with Gasteiger partial charge < -0.3 is 9.08 Å². The first-order chi connectivity index (χ1) is 15.8. The molecule has 2 atom stereocenters. The van der Waals surface area contributed by atoms with Crippen molar-refractivity contribution in [1.29, 1.82) is 5.26 Å². The molecule has 4 rings (SSSR count). The number of aromatic nitrogens is 2. The fraction of sp³-hybridized carbons (Fsp3) is 0.240. The maximum atomic E-state index is 15.4. The van der Waals surface area contributed by atoms with Crippen LogP contribution < -0.4 is 4.72 Å². The first-order valence-corrected chi connectivity index (χ1v) is 11.6. The van der Waals surface area contributed by atoms with Crippen LogP contribution in [0.5, 0.6) is 0 Å². The third-order valence-corrected chi connectivity index (χ3v) is 6.78. The molecule has 2 aromatic heterocycles. The first kappa shape index (κ1) is 22.9. The second-order valence-corrected chi connectivity index (χ2v) is 10.6. The zero-order valence-electron chi connectivity index (χ0n) is 18.5. The van der Waals surface area contributed by atoms with Gasteiger partial charge in [0.05, 0.1) is 6.04 Å². The van der Waals surface area contributed by atoms with E-state index in [0.29, 0.717) is 28.1 Å². The van der Waals surface area contributed by atoms with Gasteiger partial charge in [-0.3, -0.25) is 0 Å². The molecule has 0 spiro atoms. The van der Waals surface area contributed by atoms with Crippen LogP contribution in [0.1, 0.15) is 43.8 Å². The summed E-state index contributed by atoms with van der Waals surface area (Å²) in [7, 11) is 0. The molecule has 0 aliphatic heterocycles. The molecule has 33 heavy (non-hydrogen) atoms. The minimum absolute atomic E-state index is 0.223. The number of pyridine rings is 1. The number of para-hydroxylation sites is 1. The average Bonchev–Trinajstić information content (AvgIpc) is 3.22. The number of rotatable bonds is 6. The molecule has 0 fully saturated rings. The Balaban J connectivity index is 1.85. The van der Waals surface area contributed by atoms with Crippen LogP contribution in [0.3, 0.4) is 0 Å². The molecule has 1 unspecified atom stereocenters. The van der Waals surface area contributed by atoms with Gasteiger partial charge in [0.1, 0.15) is 28.0 Å². The van der Waals surface area contributed by atoms with Crippen molar-refractivity contribution in [2.45, 2.75) is 38.0 Å². The number of fused-ring (bicyclic) bond motifs is 1. The summed E-state index contributed by atoms with van der Waals surface area (Å²) in [5.74, 6) is -0.459. The Bertz CT molecular complexity index is 1330. The van der Waals surface area contributed by atoms with Gasteiger partial charge in [0.2, 0.25) is 0 Å². The van der Waals surface area contributed by atoms with Gasteiger partial charge in [-0.2, -0.15) is 5.26 Å². The van der Waals surface area contributed by atoms with Crippen LogP contribution >= 0.6 is 0 Å². The summed E-state index contributed by atoms with van der Waals surface area (Å²) in [5, 5.41) is 14.2. The van der Waals surface area contributed by atoms with Gasteiger partial charge in [-0.1, -0.05) is 35.5 Å². The SMILES string of the molecule is CC(C)(C)[S+]([O-])N[C@@H](Cc1cccc(C#N)n1)c1c(F)cccc1-c1noc2ccccc12. The summed E-state index contributed by atoms with van der Waals surface area (Å²) in [6.45, 7) is 5.53. The lowest BCUT2D eigenvalue weighted by molar-refractivity contribution is 0.459. The Labute approximate surface area is 194 Å². The molecule has 0 radical (unpaired) electrons. The summed E-state index contributed by atoms with van der Waals surface area (Å²) in [6.07, 6.45) is 0.223. The molecule has 0 aliphatic carbocycles. The Morgan fingerprint density at radius 2 is 1.88 bits per heavy atom. The molecule has 0 bridgehead atoms. The molecule has 2 heterocycles. The Morgan fingerprint density at radius 1 is 1.12 bits per heavy atom. The van der Waals surface area contributed by atoms with Gasteiger partial charge in [-0.05, 0) is 51.1 Å². The van der Waals surface area contributed by atoms with E-state index in [0.717, 1.165) is 5.39 Å². The van der Waals surface area contributed by atoms with Crippen molar-refractivity contribution in [2.24, 2.45) is 0 Å². The number of nitrogens with zero attached hydrogens (tertiary/aromatic N) is 3. The number of nitrogens with one attached hydrogen (secondary N) is 1. The molecule has 0 saturated carbocycles. The fourth-order valence-electron chi connectivity index (χ4n) is 3.55. The Morgan fingerprint density at radius 3 is 2.64 bits per heavy atom. The first-order valence-electron chi connectivity index (χ1n) is 10.4. The van der Waals surface area contributed by atoms with Crippen LogP contribution in [0.25, 0.3) is 22.2 Å². The number of nitriles is 1. The highest BCUT2D eigenvalue weighted by molar-refractivity contribution is 7.90. The van der Waals surface area contributed by atoms with E-state index in [9.17, 15) is 9.81 Å². The van der Waals surface area contributed by atoms with Gasteiger partial charge in [0, 0.05) is 40.0 Å². The minimum Gasteiger partial charge on any atom is -0.598 e. The molecule has 8 heteroatoms. The van der Waals surface area contributed by atoms with Gasteiger partial charge in [-0.15, -0.1) is 4.72 Å². The molecule has 4 aromatic rings. The summed E-state index contributed by atoms with van der Waals surface area (Å²) >= 11 is -1.49. The van der Waals surface area contributed by atoms with E-state index in [1.807, 2.05) is 45.0 Å². The van der Waals surface area contributed by atoms with Gasteiger partial charge in [0.25, 0.3) is 0 Å². The standard InChI is InChI=1S/C25H23FN4O2S/c1-25(2,3)33(31)30-21(14-16-8-6-9-17(15-27)28-16)23-19(11-7-12-20(23)26)24-18-10-4-5-13-22(18)32-29-24/h4-13,21,30H,14H2,1-3H3/t21-,33?/m0/s1. The quantitative estimate of drug-likeness (QED) is 0.394. The third-order valence-electron chi connectivity index (χ3n) is 5.17. The molecule has 168 valence electrons. The highest BCUT2D eigenvalue weighted by Crippen LogP contribution is 2.36. The predicted octanol–water partition coefficient (Wildman–Crippen LogP) is 5.24. The number of halogens is 1. The van der Waals surface area contributed by atoms with E-state index < -0.39 is 28.0 Å². The predicted molar refractivity (Wildman–Crippen MR) is 126 cm³/mol. The molecule has 6 nitrogen and oxygen atoms in total. The molecule has 1 N–H and O–H groups in total. The zero-order chi connectivity index (χ0) is 23.6. The van der Waals surface area contributed by atoms with Crippen molar-refractivity contribution < 1.29 is 13.5 Å². The number of hydrogen-bond acceptors (Lipinski definition) is 6. The van der Waals surface area contributed by atoms with Gasteiger partial charge in [-0.25, -0.2) is 9.37 Å². The minimum atomic E-state index is -1.49. The van der Waals surface area contributed by atoms with E-state index in [1.54, 1.807) is 36.4 Å². The van der Waals surface area contributed by atoms with E-state index in [-0.39, 0.29) is 12.1 Å². The largest absolute Gasteiger partial charge is 0.598 e. The molecule has 0 amide bonds. The summed E-state index contributed by atoms with van der Waals surface area (Å²) in [4.78, 5) is 4.34. The molecule has 0 saturated heterocycles. The maximum Gasteiger partial charge on any atom is 0.167 e. The van der Waals surface area contributed by atoms with Crippen LogP contribution in [-0.2, 0) is 17.8 Å². The fourth-order valence-corrected chi connectivity index (χ4v) is 4.36. The van der Waals surface area contributed by atoms with Crippen LogP contribution in [0.4, 0.5) is 4.39 Å². The lowest BCUT2D eigenvalue weighted by Crippen LogP contribution is -2.42. The monoisotopic (exact) mass is 462 g/mol. The van der Waals surface area contributed by atoms with Gasteiger partial charge in [0.15, 0.2) is 5.58 Å². The van der Waals surface area contributed by atoms with Crippen LogP contribution in [0.2, 0.25) is 0 Å². The smallest absolute Gasteiger partial charge is 0.167 e. The van der Waals surface area contributed by atoms with Crippen molar-refractivity contribution in [3.8, 4) is 17.3 Å². The summed E-state index contributed by atoms with van der Waals surface area (Å²) < 4.78 is 36.5. The van der Waals surface area contributed by atoms with E-state index in [4.69, 9.17) is 4.52 Å². The number of benzene rings is 2. The van der Waals surface area contributed by atoms with Crippen molar-refractivity contribution in [3.05, 3.63) is 83.4 Å². The lowest BCUT2D eigenvalue weighted by atomic mass is 9.93. The molecular formula is C25H23FN4O2S.